The zero-order chi connectivity index (χ0) is 16.4. The number of aryl methyl sites for hydroxylation is 1. The van der Waals surface area contributed by atoms with Gasteiger partial charge in [-0.05, 0) is 24.6 Å². The smallest absolute Gasteiger partial charge is 0.136 e. The Hall–Kier alpha value is -1.85. The molecule has 0 saturated heterocycles. The number of aliphatic hydroxyl groups excluding tert-OH is 1. The van der Waals surface area contributed by atoms with E-state index in [0.29, 0.717) is 11.6 Å². The van der Waals surface area contributed by atoms with E-state index in [9.17, 15) is 5.11 Å². The fraction of sp³-hybridized carbons (Fsp3) is 0.412. The zero-order valence-electron chi connectivity index (χ0n) is 13.4. The average Bonchev–Trinajstić information content (AvgIpc) is 2.72. The second-order valence-corrected chi connectivity index (χ2v) is 6.09. The molecule has 2 N–H and O–H groups in total. The van der Waals surface area contributed by atoms with Crippen molar-refractivity contribution in [2.24, 2.45) is 0 Å². The first-order chi connectivity index (χ1) is 11.1. The second kappa shape index (κ2) is 6.72. The van der Waals surface area contributed by atoms with Crippen molar-refractivity contribution in [2.45, 2.75) is 19.8 Å². The zero-order valence-corrected chi connectivity index (χ0v) is 14.2. The number of hydrogen-bond acceptors (Lipinski definition) is 5. The molecule has 1 aliphatic rings. The minimum Gasteiger partial charge on any atom is -0.395 e. The molecule has 0 amide bonds. The predicted octanol–water partition coefficient (Wildman–Crippen LogP) is 2.76. The van der Waals surface area contributed by atoms with Gasteiger partial charge in [0.15, 0.2) is 0 Å². The standard InChI is InChI=1S/C17H21ClN4O/c1-3-15-20-16-12-5-4-11(18)10-14(12)19-7-6-13(16)17(21-15)22(2)8-9-23/h4-5,10,19,23H,3,6-9H2,1-2H3. The maximum atomic E-state index is 9.26. The molecule has 0 saturated carbocycles. The van der Waals surface area contributed by atoms with Gasteiger partial charge in [-0.25, -0.2) is 9.97 Å². The molecule has 1 aromatic carbocycles. The molecule has 0 bridgehead atoms. The second-order valence-electron chi connectivity index (χ2n) is 5.66. The lowest BCUT2D eigenvalue weighted by Gasteiger charge is -2.22. The van der Waals surface area contributed by atoms with E-state index in [1.807, 2.05) is 30.1 Å². The minimum atomic E-state index is 0.0984. The van der Waals surface area contributed by atoms with Crippen LogP contribution >= 0.6 is 11.6 Å². The molecule has 3 rings (SSSR count). The highest BCUT2D eigenvalue weighted by atomic mass is 35.5. The van der Waals surface area contributed by atoms with Gasteiger partial charge in [0.05, 0.1) is 12.3 Å². The van der Waals surface area contributed by atoms with Crippen LogP contribution in [0, 0.1) is 0 Å². The van der Waals surface area contributed by atoms with Gasteiger partial charge in [-0.1, -0.05) is 18.5 Å². The van der Waals surface area contributed by atoms with Crippen LogP contribution in [0.1, 0.15) is 18.3 Å². The molecule has 1 aliphatic heterocycles. The maximum Gasteiger partial charge on any atom is 0.136 e. The molecule has 0 unspecified atom stereocenters. The van der Waals surface area contributed by atoms with Crippen molar-refractivity contribution in [2.75, 3.05) is 37.0 Å². The van der Waals surface area contributed by atoms with Gasteiger partial charge in [0.2, 0.25) is 0 Å². The number of fused-ring (bicyclic) bond motifs is 3. The molecule has 2 aromatic rings. The first-order valence-electron chi connectivity index (χ1n) is 7.89. The highest BCUT2D eigenvalue weighted by molar-refractivity contribution is 6.31. The topological polar surface area (TPSA) is 61.3 Å². The van der Waals surface area contributed by atoms with Gasteiger partial charge in [-0.15, -0.1) is 0 Å². The normalized spacial score (nSPS) is 12.9. The number of aromatic nitrogens is 2. The molecule has 0 radical (unpaired) electrons. The van der Waals surface area contributed by atoms with Gasteiger partial charge in [-0.2, -0.15) is 0 Å². The van der Waals surface area contributed by atoms with Crippen molar-refractivity contribution < 1.29 is 5.11 Å². The summed E-state index contributed by atoms with van der Waals surface area (Å²) in [5, 5.41) is 13.4. The molecule has 0 atom stereocenters. The largest absolute Gasteiger partial charge is 0.395 e. The van der Waals surface area contributed by atoms with Gasteiger partial charge in [0.1, 0.15) is 11.6 Å². The molecule has 23 heavy (non-hydrogen) atoms. The number of anilines is 2. The third kappa shape index (κ3) is 3.12. The Morgan fingerprint density at radius 1 is 1.35 bits per heavy atom. The van der Waals surface area contributed by atoms with E-state index in [2.05, 4.69) is 12.2 Å². The summed E-state index contributed by atoms with van der Waals surface area (Å²) in [7, 11) is 1.96. The van der Waals surface area contributed by atoms with Gasteiger partial charge in [0.25, 0.3) is 0 Å². The molecule has 6 heteroatoms. The third-order valence-electron chi connectivity index (χ3n) is 4.07. The molecule has 1 aromatic heterocycles. The van der Waals surface area contributed by atoms with Crippen molar-refractivity contribution in [1.82, 2.24) is 9.97 Å². The average molecular weight is 333 g/mol. The predicted molar refractivity (Wildman–Crippen MR) is 94.4 cm³/mol. The Bertz CT molecular complexity index is 720. The highest BCUT2D eigenvalue weighted by Gasteiger charge is 2.22. The molecule has 5 nitrogen and oxygen atoms in total. The summed E-state index contributed by atoms with van der Waals surface area (Å²) >= 11 is 6.13. The number of nitrogens with zero attached hydrogens (tertiary/aromatic N) is 3. The van der Waals surface area contributed by atoms with E-state index in [-0.39, 0.29) is 6.61 Å². The van der Waals surface area contributed by atoms with Crippen LogP contribution < -0.4 is 10.2 Å². The van der Waals surface area contributed by atoms with E-state index >= 15 is 0 Å². The Morgan fingerprint density at radius 3 is 2.91 bits per heavy atom. The lowest BCUT2D eigenvalue weighted by molar-refractivity contribution is 0.303. The molecule has 0 spiro atoms. The third-order valence-corrected chi connectivity index (χ3v) is 4.31. The minimum absolute atomic E-state index is 0.0984. The van der Waals surface area contributed by atoms with Gasteiger partial charge < -0.3 is 15.3 Å². The Labute approximate surface area is 141 Å². The van der Waals surface area contributed by atoms with E-state index in [1.165, 1.54) is 0 Å². The summed E-state index contributed by atoms with van der Waals surface area (Å²) in [6.45, 7) is 3.50. The van der Waals surface area contributed by atoms with Gasteiger partial charge >= 0.3 is 0 Å². The van der Waals surface area contributed by atoms with Crippen molar-refractivity contribution in [1.29, 1.82) is 0 Å². The summed E-state index contributed by atoms with van der Waals surface area (Å²) in [4.78, 5) is 11.5. The number of benzene rings is 1. The van der Waals surface area contributed by atoms with Crippen LogP contribution in [0.2, 0.25) is 5.02 Å². The van der Waals surface area contributed by atoms with E-state index in [1.54, 1.807) is 0 Å². The van der Waals surface area contributed by atoms with Crippen LogP contribution in [0.4, 0.5) is 11.5 Å². The highest BCUT2D eigenvalue weighted by Crippen LogP contribution is 2.37. The van der Waals surface area contributed by atoms with E-state index in [4.69, 9.17) is 21.6 Å². The summed E-state index contributed by atoms with van der Waals surface area (Å²) < 4.78 is 0. The van der Waals surface area contributed by atoms with Crippen molar-refractivity contribution in [3.8, 4) is 11.3 Å². The molecule has 122 valence electrons. The molecular weight excluding hydrogens is 312 g/mol. The summed E-state index contributed by atoms with van der Waals surface area (Å²) in [6.07, 6.45) is 1.60. The SMILES string of the molecule is CCc1nc2c(c(N(C)CCO)n1)CCNc1cc(Cl)ccc1-2. The number of hydrogen-bond donors (Lipinski definition) is 2. The summed E-state index contributed by atoms with van der Waals surface area (Å²) in [5.74, 6) is 1.72. The van der Waals surface area contributed by atoms with Gasteiger partial charge in [0, 0.05) is 48.4 Å². The van der Waals surface area contributed by atoms with Crippen molar-refractivity contribution in [3.05, 3.63) is 34.6 Å². The fourth-order valence-corrected chi connectivity index (χ4v) is 3.06. The molecule has 2 heterocycles. The van der Waals surface area contributed by atoms with Gasteiger partial charge in [-0.3, -0.25) is 0 Å². The van der Waals surface area contributed by atoms with Crippen molar-refractivity contribution >= 4 is 23.1 Å². The Kier molecular flexibility index (Phi) is 4.68. The lowest BCUT2D eigenvalue weighted by Crippen LogP contribution is -2.25. The molecule has 0 fully saturated rings. The number of aliphatic hydroxyl groups is 1. The Balaban J connectivity index is 2.21. The number of halogens is 1. The summed E-state index contributed by atoms with van der Waals surface area (Å²) in [5.41, 5.74) is 4.14. The molecular formula is C17H21ClN4O. The lowest BCUT2D eigenvalue weighted by atomic mass is 10.0. The van der Waals surface area contributed by atoms with Crippen LogP contribution in [0.15, 0.2) is 18.2 Å². The van der Waals surface area contributed by atoms with Crippen LogP contribution in [-0.2, 0) is 12.8 Å². The quantitative estimate of drug-likeness (QED) is 0.901. The fourth-order valence-electron chi connectivity index (χ4n) is 2.89. The molecule has 0 aliphatic carbocycles. The number of likely N-dealkylation sites (N-methyl/N-ethyl adjacent to an activating group) is 1. The van der Waals surface area contributed by atoms with Crippen molar-refractivity contribution in [3.63, 3.8) is 0 Å². The van der Waals surface area contributed by atoms with Crippen LogP contribution in [0.25, 0.3) is 11.3 Å². The monoisotopic (exact) mass is 332 g/mol. The maximum absolute atomic E-state index is 9.26. The Morgan fingerprint density at radius 2 is 2.17 bits per heavy atom. The van der Waals surface area contributed by atoms with Crippen LogP contribution in [0.5, 0.6) is 0 Å². The summed E-state index contributed by atoms with van der Waals surface area (Å²) in [6, 6.07) is 5.84. The number of rotatable bonds is 4. The first-order valence-corrected chi connectivity index (χ1v) is 8.27. The first kappa shape index (κ1) is 16.0. The number of nitrogens with one attached hydrogen (secondary N) is 1. The van der Waals surface area contributed by atoms with E-state index in [0.717, 1.165) is 53.5 Å². The van der Waals surface area contributed by atoms with Crippen LogP contribution in [-0.4, -0.2) is 41.8 Å². The van der Waals surface area contributed by atoms with Crippen LogP contribution in [0.3, 0.4) is 0 Å². The van der Waals surface area contributed by atoms with E-state index < -0.39 is 0 Å².